The van der Waals surface area contributed by atoms with Gasteiger partial charge in [0.1, 0.15) is 5.60 Å². The highest BCUT2D eigenvalue weighted by molar-refractivity contribution is 5.70. The molecule has 0 aromatic heterocycles. The molecule has 0 saturated carbocycles. The largest absolute Gasteiger partial charge is 0.438 e. The molecule has 1 N–H and O–H groups in total. The van der Waals surface area contributed by atoms with Crippen molar-refractivity contribution in [2.24, 2.45) is 0 Å². The lowest BCUT2D eigenvalue weighted by Gasteiger charge is -2.45. The smallest absolute Gasteiger partial charge is 0.411 e. The van der Waals surface area contributed by atoms with Crippen LogP contribution in [-0.4, -0.2) is 41.5 Å². The van der Waals surface area contributed by atoms with Crippen molar-refractivity contribution >= 4 is 6.09 Å². The summed E-state index contributed by atoms with van der Waals surface area (Å²) in [7, 11) is 0. The highest BCUT2D eigenvalue weighted by Gasteiger charge is 2.46. The molecule has 31 heavy (non-hydrogen) atoms. The van der Waals surface area contributed by atoms with Crippen molar-refractivity contribution in [2.75, 3.05) is 19.8 Å². The number of amides is 1. The third-order valence-corrected chi connectivity index (χ3v) is 6.58. The fourth-order valence-electron chi connectivity index (χ4n) is 4.92. The summed E-state index contributed by atoms with van der Waals surface area (Å²) in [6, 6.07) is 18.2. The van der Waals surface area contributed by atoms with E-state index in [1.54, 1.807) is 18.7 Å². The van der Waals surface area contributed by atoms with E-state index in [1.165, 1.54) is 5.56 Å². The van der Waals surface area contributed by atoms with Gasteiger partial charge in [-0.15, -0.1) is 0 Å². The molecule has 1 amide bonds. The lowest BCUT2D eigenvalue weighted by atomic mass is 9.80. The number of cyclic esters (lactones) is 1. The minimum absolute atomic E-state index is 0.0858. The first kappa shape index (κ1) is 21.8. The number of ether oxygens (including phenoxy) is 2. The van der Waals surface area contributed by atoms with Gasteiger partial charge in [-0.3, -0.25) is 0 Å². The summed E-state index contributed by atoms with van der Waals surface area (Å²) >= 11 is 0. The minimum Gasteiger partial charge on any atom is -0.438 e. The molecule has 2 fully saturated rings. The van der Waals surface area contributed by atoms with Gasteiger partial charge >= 0.3 is 6.09 Å². The Morgan fingerprint density at radius 2 is 1.87 bits per heavy atom. The highest BCUT2D eigenvalue weighted by Crippen LogP contribution is 2.42. The summed E-state index contributed by atoms with van der Waals surface area (Å²) in [5.74, 6) is 0.470. The van der Waals surface area contributed by atoms with Gasteiger partial charge in [0.15, 0.2) is 0 Å². The van der Waals surface area contributed by atoms with Gasteiger partial charge in [-0.1, -0.05) is 54.6 Å². The Morgan fingerprint density at radius 1 is 1.16 bits per heavy atom. The molecule has 0 radical (unpaired) electrons. The van der Waals surface area contributed by atoms with Crippen LogP contribution < -0.4 is 0 Å². The van der Waals surface area contributed by atoms with E-state index in [0.29, 0.717) is 25.3 Å². The molecular weight excluding hydrogens is 390 g/mol. The topological polar surface area (TPSA) is 59.0 Å². The van der Waals surface area contributed by atoms with E-state index in [2.05, 4.69) is 24.3 Å². The molecule has 2 aliphatic heterocycles. The average molecular weight is 424 g/mol. The van der Waals surface area contributed by atoms with Gasteiger partial charge in [-0.05, 0) is 43.9 Å². The molecule has 4 rings (SSSR count). The number of carbonyl (C=O) groups excluding carboxylic acids is 1. The predicted octanol–water partition coefficient (Wildman–Crippen LogP) is 5.15. The van der Waals surface area contributed by atoms with E-state index in [9.17, 15) is 9.90 Å². The second-order valence-electron chi connectivity index (χ2n) is 9.56. The number of benzene rings is 2. The second-order valence-corrected chi connectivity index (χ2v) is 9.56. The molecule has 5 heteroatoms. The van der Waals surface area contributed by atoms with E-state index >= 15 is 0 Å². The molecule has 0 bridgehead atoms. The molecule has 2 aromatic rings. The summed E-state index contributed by atoms with van der Waals surface area (Å²) in [5.41, 5.74) is 1.54. The average Bonchev–Trinajstić information content (AvgIpc) is 3.28. The van der Waals surface area contributed by atoms with E-state index in [-0.39, 0.29) is 12.1 Å². The minimum atomic E-state index is -0.955. The van der Waals surface area contributed by atoms with Gasteiger partial charge in [-0.25, -0.2) is 4.79 Å². The van der Waals surface area contributed by atoms with Crippen LogP contribution in [0.25, 0.3) is 0 Å². The maximum atomic E-state index is 13.2. The molecule has 166 valence electrons. The van der Waals surface area contributed by atoms with E-state index in [1.807, 2.05) is 37.3 Å². The third-order valence-electron chi connectivity index (χ3n) is 6.58. The Balaban J connectivity index is 1.51. The zero-order valence-corrected chi connectivity index (χ0v) is 18.7. The van der Waals surface area contributed by atoms with Gasteiger partial charge in [0.2, 0.25) is 0 Å². The van der Waals surface area contributed by atoms with Crippen molar-refractivity contribution in [3.05, 3.63) is 71.3 Å². The maximum absolute atomic E-state index is 13.2. The molecule has 2 heterocycles. The standard InChI is InChI=1S/C26H33NO4/c1-19(20-9-11-21(12-10-20)22-13-16-30-17-22)27-15-14-26(31-24(27)28,18-25(2,3)29)23-7-5-4-6-8-23/h4-12,19,22,29H,13-18H2,1-3H3. The Morgan fingerprint density at radius 3 is 2.45 bits per heavy atom. The molecule has 2 saturated heterocycles. The molecule has 2 aromatic carbocycles. The first-order valence-electron chi connectivity index (χ1n) is 11.2. The van der Waals surface area contributed by atoms with Crippen molar-refractivity contribution in [3.8, 4) is 0 Å². The fourth-order valence-corrected chi connectivity index (χ4v) is 4.92. The zero-order valence-electron chi connectivity index (χ0n) is 18.7. The first-order valence-corrected chi connectivity index (χ1v) is 11.2. The lowest BCUT2D eigenvalue weighted by molar-refractivity contribution is -0.101. The Labute approximate surface area is 185 Å². The van der Waals surface area contributed by atoms with Crippen LogP contribution in [0.1, 0.15) is 68.7 Å². The molecule has 0 aliphatic carbocycles. The summed E-state index contributed by atoms with van der Waals surface area (Å²) in [6.45, 7) is 7.75. The maximum Gasteiger partial charge on any atom is 0.411 e. The van der Waals surface area contributed by atoms with Gasteiger partial charge < -0.3 is 19.5 Å². The van der Waals surface area contributed by atoms with E-state index in [4.69, 9.17) is 9.47 Å². The van der Waals surface area contributed by atoms with Crippen LogP contribution >= 0.6 is 0 Å². The van der Waals surface area contributed by atoms with Crippen LogP contribution in [0.5, 0.6) is 0 Å². The molecule has 3 atom stereocenters. The number of hydrogen-bond donors (Lipinski definition) is 1. The molecule has 0 spiro atoms. The summed E-state index contributed by atoms with van der Waals surface area (Å²) in [4.78, 5) is 15.0. The Kier molecular flexibility index (Phi) is 6.09. The second kappa shape index (κ2) is 8.64. The van der Waals surface area contributed by atoms with Gasteiger partial charge in [0.25, 0.3) is 0 Å². The lowest BCUT2D eigenvalue weighted by Crippen LogP contribution is -2.51. The van der Waals surface area contributed by atoms with E-state index < -0.39 is 11.2 Å². The summed E-state index contributed by atoms with van der Waals surface area (Å²) in [5, 5.41) is 10.5. The SMILES string of the molecule is CC(c1ccc(C2CCOC2)cc1)N1CCC(CC(C)(C)O)(c2ccccc2)OC1=O. The van der Waals surface area contributed by atoms with Gasteiger partial charge in [-0.2, -0.15) is 0 Å². The van der Waals surface area contributed by atoms with Crippen molar-refractivity contribution in [1.29, 1.82) is 0 Å². The summed E-state index contributed by atoms with van der Waals surface area (Å²) < 4.78 is 11.6. The molecular formula is C26H33NO4. The van der Waals surface area contributed by atoms with Gasteiger partial charge in [0, 0.05) is 31.9 Å². The van der Waals surface area contributed by atoms with Crippen molar-refractivity contribution < 1.29 is 19.4 Å². The number of nitrogens with zero attached hydrogens (tertiary/aromatic N) is 1. The first-order chi connectivity index (χ1) is 14.8. The quantitative estimate of drug-likeness (QED) is 0.698. The number of rotatable bonds is 6. The van der Waals surface area contributed by atoms with Crippen LogP contribution in [0.3, 0.4) is 0 Å². The molecule has 5 nitrogen and oxygen atoms in total. The highest BCUT2D eigenvalue weighted by atomic mass is 16.6. The van der Waals surface area contributed by atoms with Crippen LogP contribution in [0.15, 0.2) is 54.6 Å². The number of hydrogen-bond acceptors (Lipinski definition) is 4. The Bertz CT molecular complexity index is 884. The van der Waals surface area contributed by atoms with Crippen LogP contribution in [0.2, 0.25) is 0 Å². The molecule has 2 aliphatic rings. The van der Waals surface area contributed by atoms with Crippen LogP contribution in [-0.2, 0) is 15.1 Å². The van der Waals surface area contributed by atoms with Crippen molar-refractivity contribution in [3.63, 3.8) is 0 Å². The molecule has 3 unspecified atom stereocenters. The zero-order chi connectivity index (χ0) is 22.1. The van der Waals surface area contributed by atoms with Crippen LogP contribution in [0, 0.1) is 0 Å². The fraction of sp³-hybridized carbons (Fsp3) is 0.500. The predicted molar refractivity (Wildman–Crippen MR) is 120 cm³/mol. The normalized spacial score (nSPS) is 25.4. The third kappa shape index (κ3) is 4.78. The van der Waals surface area contributed by atoms with E-state index in [0.717, 1.165) is 30.8 Å². The number of aliphatic hydroxyl groups is 1. The van der Waals surface area contributed by atoms with Crippen molar-refractivity contribution in [2.45, 2.75) is 63.2 Å². The number of carbonyl (C=O) groups is 1. The van der Waals surface area contributed by atoms with Crippen LogP contribution in [0.4, 0.5) is 4.79 Å². The summed E-state index contributed by atoms with van der Waals surface area (Å²) in [6.07, 6.45) is 1.72. The Hall–Kier alpha value is -2.37. The monoisotopic (exact) mass is 423 g/mol. The van der Waals surface area contributed by atoms with Crippen molar-refractivity contribution in [1.82, 2.24) is 4.90 Å². The van der Waals surface area contributed by atoms with Gasteiger partial charge in [0.05, 0.1) is 18.2 Å².